The van der Waals surface area contributed by atoms with Crippen molar-refractivity contribution in [3.05, 3.63) is 35.2 Å². The predicted octanol–water partition coefficient (Wildman–Crippen LogP) is 2.79. The van der Waals surface area contributed by atoms with Crippen molar-refractivity contribution in [1.82, 2.24) is 15.3 Å². The smallest absolute Gasteiger partial charge is 0.320 e. The number of amides is 2. The summed E-state index contributed by atoms with van der Waals surface area (Å²) in [7, 11) is 3.07. The molecular formula is C13H13BrN4O3. The zero-order chi connectivity index (χ0) is 15.2. The molecule has 0 saturated carbocycles. The van der Waals surface area contributed by atoms with Gasteiger partial charge in [-0.1, -0.05) is 0 Å². The molecule has 0 radical (unpaired) electrons. The number of hydrogen-bond acceptors (Lipinski definition) is 5. The van der Waals surface area contributed by atoms with Gasteiger partial charge in [0.15, 0.2) is 0 Å². The molecular weight excluding hydrogens is 340 g/mol. The molecule has 0 fully saturated rings. The van der Waals surface area contributed by atoms with Crippen molar-refractivity contribution >= 4 is 27.8 Å². The van der Waals surface area contributed by atoms with E-state index in [-0.39, 0.29) is 6.03 Å². The van der Waals surface area contributed by atoms with Gasteiger partial charge in [0.25, 0.3) is 0 Å². The highest BCUT2D eigenvalue weighted by molar-refractivity contribution is 9.10. The first kappa shape index (κ1) is 15.0. The number of ether oxygens (including phenoxy) is 2. The van der Waals surface area contributed by atoms with E-state index in [1.807, 2.05) is 0 Å². The van der Waals surface area contributed by atoms with Gasteiger partial charge in [-0.15, -0.1) is 0 Å². The second-order valence-corrected chi connectivity index (χ2v) is 4.72. The Morgan fingerprint density at radius 2 is 2.00 bits per heavy atom. The minimum Gasteiger partial charge on any atom is -0.495 e. The summed E-state index contributed by atoms with van der Waals surface area (Å²) in [6.07, 6.45) is 4.67. The molecule has 0 saturated heterocycles. The third kappa shape index (κ3) is 4.06. The predicted molar refractivity (Wildman–Crippen MR) is 80.9 cm³/mol. The van der Waals surface area contributed by atoms with E-state index >= 15 is 0 Å². The van der Waals surface area contributed by atoms with Crippen molar-refractivity contribution in [3.63, 3.8) is 0 Å². The molecule has 0 spiro atoms. The maximum absolute atomic E-state index is 11.3. The van der Waals surface area contributed by atoms with Crippen molar-refractivity contribution in [2.24, 2.45) is 0 Å². The van der Waals surface area contributed by atoms with E-state index in [4.69, 9.17) is 9.47 Å². The van der Waals surface area contributed by atoms with E-state index in [0.29, 0.717) is 27.5 Å². The Hall–Kier alpha value is -2.35. The van der Waals surface area contributed by atoms with E-state index < -0.39 is 0 Å². The van der Waals surface area contributed by atoms with Gasteiger partial charge in [0.05, 0.1) is 24.0 Å². The Morgan fingerprint density at radius 1 is 1.24 bits per heavy atom. The van der Waals surface area contributed by atoms with Gasteiger partial charge in [-0.3, -0.25) is 10.3 Å². The molecule has 2 aromatic rings. The topological polar surface area (TPSA) is 85.4 Å². The van der Waals surface area contributed by atoms with Gasteiger partial charge in [0.1, 0.15) is 23.1 Å². The zero-order valence-corrected chi connectivity index (χ0v) is 13.0. The number of hydrogen-bond donors (Lipinski definition) is 2. The maximum Gasteiger partial charge on any atom is 0.320 e. The minimum absolute atomic E-state index is 0.362. The number of carbonyl (C=O) groups is 1. The lowest BCUT2D eigenvalue weighted by Gasteiger charge is -2.10. The highest BCUT2D eigenvalue weighted by Gasteiger charge is 2.08. The first-order valence-electron chi connectivity index (χ1n) is 5.93. The summed E-state index contributed by atoms with van der Waals surface area (Å²) in [4.78, 5) is 19.3. The van der Waals surface area contributed by atoms with Crippen LogP contribution in [0.25, 0.3) is 0 Å². The van der Waals surface area contributed by atoms with Crippen LogP contribution < -0.4 is 20.1 Å². The Morgan fingerprint density at radius 3 is 2.71 bits per heavy atom. The number of anilines is 1. The number of nitrogens with one attached hydrogen (secondary N) is 2. The number of pyridine rings is 2. The molecule has 7 nitrogen and oxygen atoms in total. The molecule has 2 amide bonds. The van der Waals surface area contributed by atoms with E-state index in [1.165, 1.54) is 13.2 Å². The fourth-order valence-corrected chi connectivity index (χ4v) is 1.74. The van der Waals surface area contributed by atoms with Gasteiger partial charge in [-0.2, -0.15) is 0 Å². The van der Waals surface area contributed by atoms with E-state index in [9.17, 15) is 4.79 Å². The molecule has 0 unspecified atom stereocenters. The molecule has 0 aliphatic heterocycles. The van der Waals surface area contributed by atoms with Crippen molar-refractivity contribution in [1.29, 1.82) is 0 Å². The molecule has 21 heavy (non-hydrogen) atoms. The third-order valence-electron chi connectivity index (χ3n) is 2.44. The third-order valence-corrected chi connectivity index (χ3v) is 3.04. The molecule has 2 heterocycles. The van der Waals surface area contributed by atoms with Crippen LogP contribution in [-0.2, 0) is 0 Å². The number of nitrogens with zero attached hydrogens (tertiary/aromatic N) is 2. The molecule has 2 rings (SSSR count). The normalized spacial score (nSPS) is 9.86. The van der Waals surface area contributed by atoms with Gasteiger partial charge in [0.2, 0.25) is 0 Å². The Labute approximate surface area is 129 Å². The summed E-state index contributed by atoms with van der Waals surface area (Å²) in [6, 6.07) is 2.93. The summed E-state index contributed by atoms with van der Waals surface area (Å²) in [6.45, 7) is 0. The van der Waals surface area contributed by atoms with Gasteiger partial charge in [-0.05, 0) is 15.9 Å². The number of aromatic nitrogens is 2. The Kier molecular flexibility index (Phi) is 4.94. The highest BCUT2D eigenvalue weighted by atomic mass is 79.9. The average Bonchev–Trinajstić information content (AvgIpc) is 2.50. The van der Waals surface area contributed by atoms with Crippen LogP contribution in [0.1, 0.15) is 0 Å². The zero-order valence-electron chi connectivity index (χ0n) is 11.4. The number of rotatable bonds is 4. The maximum atomic E-state index is 11.3. The monoisotopic (exact) mass is 352 g/mol. The second kappa shape index (κ2) is 6.89. The van der Waals surface area contributed by atoms with Crippen LogP contribution in [0.2, 0.25) is 0 Å². The molecule has 0 aliphatic carbocycles. The van der Waals surface area contributed by atoms with Crippen LogP contribution in [-0.4, -0.2) is 30.2 Å². The molecule has 110 valence electrons. The van der Waals surface area contributed by atoms with Crippen LogP contribution in [0.5, 0.6) is 17.2 Å². The summed E-state index contributed by atoms with van der Waals surface area (Å²) < 4.78 is 11.4. The number of urea groups is 1. The summed E-state index contributed by atoms with van der Waals surface area (Å²) in [5.74, 6) is 1.95. The molecule has 0 bridgehead atoms. The standard InChI is InChI=1S/C13H13BrN4O3/c1-15-13(19)18-12-4-11(10(14)7-17-12)21-9-3-8(20-2)5-16-6-9/h3-7H,1-2H3,(H2,15,17,18,19). The van der Waals surface area contributed by atoms with Crippen molar-refractivity contribution in [2.75, 3.05) is 19.5 Å². The molecule has 0 atom stereocenters. The average molecular weight is 353 g/mol. The van der Waals surface area contributed by atoms with Crippen molar-refractivity contribution < 1.29 is 14.3 Å². The van der Waals surface area contributed by atoms with E-state index in [0.717, 1.165) is 0 Å². The first-order chi connectivity index (χ1) is 10.1. The van der Waals surface area contributed by atoms with Crippen molar-refractivity contribution in [3.8, 4) is 17.2 Å². The largest absolute Gasteiger partial charge is 0.495 e. The fourth-order valence-electron chi connectivity index (χ4n) is 1.44. The lowest BCUT2D eigenvalue weighted by Crippen LogP contribution is -2.24. The Balaban J connectivity index is 2.22. The van der Waals surface area contributed by atoms with Crippen LogP contribution in [0.15, 0.2) is 35.2 Å². The first-order valence-corrected chi connectivity index (χ1v) is 6.73. The summed E-state index contributed by atoms with van der Waals surface area (Å²) in [5, 5.41) is 5.01. The quantitative estimate of drug-likeness (QED) is 0.883. The van der Waals surface area contributed by atoms with Crippen molar-refractivity contribution in [2.45, 2.75) is 0 Å². The molecule has 0 aliphatic rings. The molecule has 8 heteroatoms. The van der Waals surface area contributed by atoms with Crippen LogP contribution >= 0.6 is 15.9 Å². The van der Waals surface area contributed by atoms with Gasteiger partial charge in [-0.25, -0.2) is 9.78 Å². The number of halogens is 1. The summed E-state index contributed by atoms with van der Waals surface area (Å²) >= 11 is 3.34. The van der Waals surface area contributed by atoms with Gasteiger partial charge >= 0.3 is 6.03 Å². The van der Waals surface area contributed by atoms with Crippen LogP contribution in [0.4, 0.5) is 10.6 Å². The van der Waals surface area contributed by atoms with E-state index in [2.05, 4.69) is 36.5 Å². The van der Waals surface area contributed by atoms with Crippen LogP contribution in [0.3, 0.4) is 0 Å². The fraction of sp³-hybridized carbons (Fsp3) is 0.154. The van der Waals surface area contributed by atoms with Crippen LogP contribution in [0, 0.1) is 0 Å². The minimum atomic E-state index is -0.362. The molecule has 0 aromatic carbocycles. The van der Waals surface area contributed by atoms with Gasteiger partial charge < -0.3 is 14.8 Å². The SMILES string of the molecule is CNC(=O)Nc1cc(Oc2cncc(OC)c2)c(Br)cn1. The lowest BCUT2D eigenvalue weighted by molar-refractivity contribution is 0.254. The van der Waals surface area contributed by atoms with E-state index in [1.54, 1.807) is 31.6 Å². The lowest BCUT2D eigenvalue weighted by atomic mass is 10.4. The number of methoxy groups -OCH3 is 1. The second-order valence-electron chi connectivity index (χ2n) is 3.87. The Bertz CT molecular complexity index is 651. The molecule has 2 N–H and O–H groups in total. The molecule has 2 aromatic heterocycles. The highest BCUT2D eigenvalue weighted by Crippen LogP contribution is 2.31. The summed E-state index contributed by atoms with van der Waals surface area (Å²) in [5.41, 5.74) is 0. The van der Waals surface area contributed by atoms with Gasteiger partial charge in [0, 0.05) is 25.4 Å². The number of carbonyl (C=O) groups excluding carboxylic acids is 1.